The number of nitrogens with one attached hydrogen (secondary N) is 1. The molecule has 0 radical (unpaired) electrons. The minimum atomic E-state index is -3.64. The van der Waals surface area contributed by atoms with Crippen LogP contribution in [0.25, 0.3) is 0 Å². The van der Waals surface area contributed by atoms with Crippen LogP contribution in [0, 0.1) is 13.8 Å². The average Bonchev–Trinajstić information content (AvgIpc) is 2.99. The van der Waals surface area contributed by atoms with E-state index in [1.54, 1.807) is 26.4 Å². The Labute approximate surface area is 155 Å². The molecular weight excluding hydrogens is 350 g/mol. The minimum absolute atomic E-state index is 0.227. The number of hydrogen-bond acceptors (Lipinski definition) is 4. The topological polar surface area (TPSA) is 64.6 Å². The average molecular weight is 375 g/mol. The van der Waals surface area contributed by atoms with Crippen molar-refractivity contribution >= 4 is 10.0 Å². The third-order valence-corrected chi connectivity index (χ3v) is 6.49. The van der Waals surface area contributed by atoms with Crippen LogP contribution in [0.4, 0.5) is 0 Å². The van der Waals surface area contributed by atoms with Crippen LogP contribution in [0.3, 0.4) is 0 Å². The maximum atomic E-state index is 12.8. The number of ether oxygens (including phenoxy) is 2. The lowest BCUT2D eigenvalue weighted by atomic mass is 10.0. The molecule has 0 amide bonds. The second-order valence-electron chi connectivity index (χ2n) is 6.92. The first-order chi connectivity index (χ1) is 12.3. The molecular formula is C20H25NO4S. The number of sulfonamides is 1. The zero-order valence-electron chi connectivity index (χ0n) is 15.6. The van der Waals surface area contributed by atoms with Crippen molar-refractivity contribution in [2.45, 2.75) is 37.2 Å². The summed E-state index contributed by atoms with van der Waals surface area (Å²) in [4.78, 5) is 0.245. The van der Waals surface area contributed by atoms with Gasteiger partial charge in [0.2, 0.25) is 10.0 Å². The highest BCUT2D eigenvalue weighted by molar-refractivity contribution is 7.89. The highest BCUT2D eigenvalue weighted by Gasteiger charge is 2.38. The van der Waals surface area contributed by atoms with Gasteiger partial charge in [0.05, 0.1) is 17.6 Å². The molecule has 0 unspecified atom stereocenters. The van der Waals surface area contributed by atoms with Crippen molar-refractivity contribution in [3.63, 3.8) is 0 Å². The Morgan fingerprint density at radius 2 is 1.58 bits per heavy atom. The third-order valence-electron chi connectivity index (χ3n) is 5.11. The second-order valence-corrected chi connectivity index (χ2v) is 8.69. The van der Waals surface area contributed by atoms with Crippen LogP contribution >= 0.6 is 0 Å². The largest absolute Gasteiger partial charge is 0.496 e. The van der Waals surface area contributed by atoms with Gasteiger partial charge in [-0.25, -0.2) is 13.1 Å². The molecule has 6 heteroatoms. The van der Waals surface area contributed by atoms with E-state index in [1.165, 1.54) is 11.1 Å². The van der Waals surface area contributed by atoms with Crippen molar-refractivity contribution < 1.29 is 17.9 Å². The Kier molecular flexibility index (Phi) is 5.10. The monoisotopic (exact) mass is 375 g/mol. The molecule has 0 bridgehead atoms. The Hall–Kier alpha value is -1.89. The van der Waals surface area contributed by atoms with Crippen molar-refractivity contribution in [2.75, 3.05) is 20.8 Å². The normalized spacial score (nSPS) is 15.7. The molecule has 5 nitrogen and oxygen atoms in total. The van der Waals surface area contributed by atoms with E-state index in [-0.39, 0.29) is 11.4 Å². The maximum Gasteiger partial charge on any atom is 0.240 e. The summed E-state index contributed by atoms with van der Waals surface area (Å²) in [5.74, 6) is 0.712. The quantitative estimate of drug-likeness (QED) is 0.843. The van der Waals surface area contributed by atoms with Crippen LogP contribution in [0.15, 0.2) is 41.3 Å². The van der Waals surface area contributed by atoms with E-state index in [1.807, 2.05) is 26.0 Å². The SMILES string of the molecule is COc1c(C)cc(S(=O)(=O)NCC2(OC)Cc3ccccc3C2)cc1C. The minimum Gasteiger partial charge on any atom is -0.496 e. The van der Waals surface area contributed by atoms with E-state index in [0.717, 1.165) is 11.1 Å². The first-order valence-electron chi connectivity index (χ1n) is 8.57. The predicted molar refractivity (Wildman–Crippen MR) is 101 cm³/mol. The van der Waals surface area contributed by atoms with Crippen LogP contribution in [0.2, 0.25) is 0 Å². The Balaban J connectivity index is 1.80. The lowest BCUT2D eigenvalue weighted by Crippen LogP contribution is -2.45. The molecule has 2 aromatic carbocycles. The van der Waals surface area contributed by atoms with E-state index < -0.39 is 15.6 Å². The number of hydrogen-bond donors (Lipinski definition) is 1. The van der Waals surface area contributed by atoms with Crippen molar-refractivity contribution in [1.29, 1.82) is 0 Å². The zero-order chi connectivity index (χ0) is 18.9. The number of benzene rings is 2. The van der Waals surface area contributed by atoms with Crippen LogP contribution in [0.1, 0.15) is 22.3 Å². The number of rotatable bonds is 6. The highest BCUT2D eigenvalue weighted by Crippen LogP contribution is 2.33. The number of fused-ring (bicyclic) bond motifs is 1. The first kappa shape index (κ1) is 18.9. The van der Waals surface area contributed by atoms with E-state index in [2.05, 4.69) is 16.9 Å². The summed E-state index contributed by atoms with van der Waals surface area (Å²) in [6, 6.07) is 11.4. The van der Waals surface area contributed by atoms with Crippen LogP contribution in [-0.2, 0) is 27.6 Å². The molecule has 3 rings (SSSR count). The fourth-order valence-corrected chi connectivity index (χ4v) is 4.98. The fraction of sp³-hybridized carbons (Fsp3) is 0.400. The molecule has 26 heavy (non-hydrogen) atoms. The van der Waals surface area contributed by atoms with E-state index in [9.17, 15) is 8.42 Å². The van der Waals surface area contributed by atoms with Gasteiger partial charge in [-0.2, -0.15) is 0 Å². The molecule has 0 atom stereocenters. The number of methoxy groups -OCH3 is 2. The van der Waals surface area contributed by atoms with Crippen molar-refractivity contribution in [1.82, 2.24) is 4.72 Å². The van der Waals surface area contributed by atoms with Gasteiger partial charge in [-0.05, 0) is 48.2 Å². The van der Waals surface area contributed by atoms with Crippen molar-refractivity contribution in [3.8, 4) is 5.75 Å². The second kappa shape index (κ2) is 7.02. The Morgan fingerprint density at radius 1 is 1.04 bits per heavy atom. The predicted octanol–water partition coefficient (Wildman–Crippen LogP) is 2.77. The lowest BCUT2D eigenvalue weighted by molar-refractivity contribution is 0.00378. The molecule has 0 aliphatic heterocycles. The summed E-state index contributed by atoms with van der Waals surface area (Å²) in [5, 5.41) is 0. The summed E-state index contributed by atoms with van der Waals surface area (Å²) in [5.41, 5.74) is 3.47. The fourth-order valence-electron chi connectivity index (χ4n) is 3.70. The summed E-state index contributed by atoms with van der Waals surface area (Å²) in [6.07, 6.45) is 1.39. The smallest absolute Gasteiger partial charge is 0.240 e. The van der Waals surface area contributed by atoms with Gasteiger partial charge >= 0.3 is 0 Å². The van der Waals surface area contributed by atoms with Gasteiger partial charge in [0.25, 0.3) is 0 Å². The lowest BCUT2D eigenvalue weighted by Gasteiger charge is -2.27. The molecule has 0 aromatic heterocycles. The van der Waals surface area contributed by atoms with Gasteiger partial charge < -0.3 is 9.47 Å². The van der Waals surface area contributed by atoms with Crippen LogP contribution in [-0.4, -0.2) is 34.8 Å². The summed E-state index contributed by atoms with van der Waals surface area (Å²) in [6.45, 7) is 3.91. The molecule has 2 aromatic rings. The van der Waals surface area contributed by atoms with E-state index in [0.29, 0.717) is 18.6 Å². The molecule has 1 N–H and O–H groups in total. The van der Waals surface area contributed by atoms with Gasteiger partial charge in [0, 0.05) is 26.5 Å². The van der Waals surface area contributed by atoms with Crippen LogP contribution < -0.4 is 9.46 Å². The Bertz CT molecular complexity index is 873. The Morgan fingerprint density at radius 3 is 2.04 bits per heavy atom. The van der Waals surface area contributed by atoms with Gasteiger partial charge in [-0.3, -0.25) is 0 Å². The maximum absolute atomic E-state index is 12.8. The standard InChI is InChI=1S/C20H25NO4S/c1-14-9-18(10-15(2)19(14)24-3)26(22,23)21-13-20(25-4)11-16-7-5-6-8-17(16)12-20/h5-10,21H,11-13H2,1-4H3. The van der Waals surface area contributed by atoms with Crippen molar-refractivity contribution in [3.05, 3.63) is 58.7 Å². The van der Waals surface area contributed by atoms with E-state index >= 15 is 0 Å². The molecule has 0 heterocycles. The molecule has 0 fully saturated rings. The van der Waals surface area contributed by atoms with Gasteiger partial charge in [-0.15, -0.1) is 0 Å². The van der Waals surface area contributed by atoms with Gasteiger partial charge in [-0.1, -0.05) is 24.3 Å². The summed E-state index contributed by atoms with van der Waals surface area (Å²) >= 11 is 0. The zero-order valence-corrected chi connectivity index (χ0v) is 16.4. The molecule has 0 spiro atoms. The molecule has 1 aliphatic carbocycles. The van der Waals surface area contributed by atoms with Gasteiger partial charge in [0.1, 0.15) is 5.75 Å². The molecule has 1 aliphatic rings. The highest BCUT2D eigenvalue weighted by atomic mass is 32.2. The van der Waals surface area contributed by atoms with Crippen LogP contribution in [0.5, 0.6) is 5.75 Å². The molecule has 0 saturated carbocycles. The molecule has 0 saturated heterocycles. The first-order valence-corrected chi connectivity index (χ1v) is 10.1. The van der Waals surface area contributed by atoms with Crippen molar-refractivity contribution in [2.24, 2.45) is 0 Å². The van der Waals surface area contributed by atoms with E-state index in [4.69, 9.17) is 9.47 Å². The summed E-state index contributed by atoms with van der Waals surface area (Å²) < 4.78 is 39.4. The summed E-state index contributed by atoms with van der Waals surface area (Å²) in [7, 11) is -0.413. The third kappa shape index (κ3) is 3.49. The molecule has 140 valence electrons. The number of aryl methyl sites for hydroxylation is 2. The van der Waals surface area contributed by atoms with Gasteiger partial charge in [0.15, 0.2) is 0 Å².